The fourth-order valence-electron chi connectivity index (χ4n) is 2.00. The van der Waals surface area contributed by atoms with E-state index in [0.29, 0.717) is 21.5 Å². The van der Waals surface area contributed by atoms with E-state index in [4.69, 9.17) is 9.47 Å². The summed E-state index contributed by atoms with van der Waals surface area (Å²) in [6.07, 6.45) is 0.989. The lowest BCUT2D eigenvalue weighted by Gasteiger charge is -2.07. The first-order valence-corrected chi connectivity index (χ1v) is 9.65. The summed E-state index contributed by atoms with van der Waals surface area (Å²) in [5.41, 5.74) is 0.503. The molecule has 3 amide bonds. The van der Waals surface area contributed by atoms with E-state index in [2.05, 4.69) is 33.1 Å². The molecule has 0 unspecified atom stereocenters. The first-order chi connectivity index (χ1) is 12.6. The summed E-state index contributed by atoms with van der Waals surface area (Å²) in [5.74, 6) is 0.810. The minimum absolute atomic E-state index is 0.0664. The highest BCUT2D eigenvalue weighted by atomic mass is 32.2. The van der Waals surface area contributed by atoms with Gasteiger partial charge in [0.15, 0.2) is 15.8 Å². The van der Waals surface area contributed by atoms with E-state index >= 15 is 0 Å². The summed E-state index contributed by atoms with van der Waals surface area (Å²) in [6, 6.07) is 4.37. The lowest BCUT2D eigenvalue weighted by Crippen LogP contribution is -2.35. The lowest BCUT2D eigenvalue weighted by molar-refractivity contribution is -0.117. The number of ether oxygens (including phenoxy) is 2. The van der Waals surface area contributed by atoms with Gasteiger partial charge in [-0.05, 0) is 18.6 Å². The van der Waals surface area contributed by atoms with Gasteiger partial charge in [0.2, 0.25) is 17.8 Å². The monoisotopic (exact) mass is 395 g/mol. The number of nitrogens with zero attached hydrogens (tertiary/aromatic N) is 2. The van der Waals surface area contributed by atoms with Crippen molar-refractivity contribution in [2.24, 2.45) is 0 Å². The highest BCUT2D eigenvalue weighted by Gasteiger charge is 2.15. The molecule has 2 aromatic rings. The van der Waals surface area contributed by atoms with Crippen molar-refractivity contribution < 1.29 is 19.1 Å². The minimum Gasteiger partial charge on any atom is -0.454 e. The van der Waals surface area contributed by atoms with Gasteiger partial charge in [-0.2, -0.15) is 0 Å². The maximum absolute atomic E-state index is 11.9. The van der Waals surface area contributed by atoms with Crippen LogP contribution in [0.15, 0.2) is 22.5 Å². The first-order valence-electron chi connectivity index (χ1n) is 7.84. The third-order valence-corrected chi connectivity index (χ3v) is 5.16. The van der Waals surface area contributed by atoms with Gasteiger partial charge in [-0.1, -0.05) is 30.0 Å². The van der Waals surface area contributed by atoms with Crippen LogP contribution in [0.4, 0.5) is 15.6 Å². The maximum Gasteiger partial charge on any atom is 0.325 e. The van der Waals surface area contributed by atoms with Crippen LogP contribution < -0.4 is 25.4 Å². The van der Waals surface area contributed by atoms with Crippen molar-refractivity contribution in [2.75, 3.05) is 29.7 Å². The molecule has 3 N–H and O–H groups in total. The molecule has 11 heteroatoms. The zero-order valence-corrected chi connectivity index (χ0v) is 15.5. The van der Waals surface area contributed by atoms with E-state index in [0.717, 1.165) is 18.1 Å². The third-order valence-electron chi connectivity index (χ3n) is 3.14. The fraction of sp³-hybridized carbons (Fsp3) is 0.333. The van der Waals surface area contributed by atoms with E-state index in [-0.39, 0.29) is 12.5 Å². The number of imide groups is 1. The Morgan fingerprint density at radius 1 is 1.27 bits per heavy atom. The Kier molecular flexibility index (Phi) is 6.12. The Labute approximate surface area is 157 Å². The average Bonchev–Trinajstić information content (AvgIpc) is 3.26. The molecule has 1 aliphatic heterocycles. The lowest BCUT2D eigenvalue weighted by atomic mass is 10.3. The minimum atomic E-state index is -0.614. The zero-order chi connectivity index (χ0) is 18.4. The Balaban J connectivity index is 1.42. The summed E-state index contributed by atoms with van der Waals surface area (Å²) >= 11 is 2.59. The van der Waals surface area contributed by atoms with Crippen LogP contribution in [0.3, 0.4) is 0 Å². The summed E-state index contributed by atoms with van der Waals surface area (Å²) in [7, 11) is 0. The molecular weight excluding hydrogens is 378 g/mol. The van der Waals surface area contributed by atoms with Crippen LogP contribution in [0.5, 0.6) is 11.5 Å². The average molecular weight is 395 g/mol. The van der Waals surface area contributed by atoms with Gasteiger partial charge >= 0.3 is 6.03 Å². The van der Waals surface area contributed by atoms with Gasteiger partial charge in [0.25, 0.3) is 0 Å². The highest BCUT2D eigenvalue weighted by Crippen LogP contribution is 2.34. The molecule has 0 spiro atoms. The molecule has 0 radical (unpaired) electrons. The van der Waals surface area contributed by atoms with Gasteiger partial charge < -0.3 is 20.1 Å². The summed E-state index contributed by atoms with van der Waals surface area (Å²) in [4.78, 5) is 23.8. The zero-order valence-electron chi connectivity index (χ0n) is 13.9. The Morgan fingerprint density at radius 3 is 2.96 bits per heavy atom. The summed E-state index contributed by atoms with van der Waals surface area (Å²) < 4.78 is 11.1. The molecule has 0 saturated carbocycles. The molecule has 0 fully saturated rings. The molecule has 2 heterocycles. The predicted molar refractivity (Wildman–Crippen MR) is 99.1 cm³/mol. The number of hydrogen-bond donors (Lipinski definition) is 3. The van der Waals surface area contributed by atoms with Crippen LogP contribution in [0.25, 0.3) is 0 Å². The smallest absolute Gasteiger partial charge is 0.325 e. The molecule has 138 valence electrons. The largest absolute Gasteiger partial charge is 0.454 e. The Morgan fingerprint density at radius 2 is 2.12 bits per heavy atom. The number of carbonyl (C=O) groups excluding carboxylic acids is 2. The Hall–Kier alpha value is -2.53. The maximum atomic E-state index is 11.9. The second-order valence-electron chi connectivity index (χ2n) is 5.16. The molecule has 26 heavy (non-hydrogen) atoms. The van der Waals surface area contributed by atoms with Crippen molar-refractivity contribution in [3.8, 4) is 11.5 Å². The molecule has 3 rings (SSSR count). The fourth-order valence-corrected chi connectivity index (χ4v) is 3.58. The van der Waals surface area contributed by atoms with Crippen molar-refractivity contribution in [2.45, 2.75) is 17.7 Å². The molecule has 0 atom stereocenters. The molecule has 1 aromatic carbocycles. The number of nitrogens with one attached hydrogen (secondary N) is 3. The topological polar surface area (TPSA) is 114 Å². The number of thioether (sulfide) groups is 1. The predicted octanol–water partition coefficient (Wildman–Crippen LogP) is 2.53. The van der Waals surface area contributed by atoms with Crippen molar-refractivity contribution >= 4 is 45.9 Å². The van der Waals surface area contributed by atoms with Crippen molar-refractivity contribution in [3.05, 3.63) is 18.2 Å². The number of hydrogen-bond acceptors (Lipinski definition) is 9. The molecule has 0 bridgehead atoms. The van der Waals surface area contributed by atoms with Crippen LogP contribution in [0.1, 0.15) is 13.3 Å². The van der Waals surface area contributed by atoms with E-state index < -0.39 is 11.9 Å². The van der Waals surface area contributed by atoms with Crippen molar-refractivity contribution in [3.63, 3.8) is 0 Å². The van der Waals surface area contributed by atoms with Gasteiger partial charge in [0.05, 0.1) is 5.75 Å². The van der Waals surface area contributed by atoms with Gasteiger partial charge in [-0.25, -0.2) is 4.79 Å². The normalized spacial score (nSPS) is 11.9. The number of urea groups is 1. The van der Waals surface area contributed by atoms with Crippen LogP contribution >= 0.6 is 23.1 Å². The number of amides is 3. The van der Waals surface area contributed by atoms with Crippen LogP contribution in [-0.4, -0.2) is 41.2 Å². The van der Waals surface area contributed by atoms with E-state index in [1.165, 1.54) is 23.1 Å². The van der Waals surface area contributed by atoms with Crippen LogP contribution in [-0.2, 0) is 4.79 Å². The number of carbonyl (C=O) groups is 2. The number of aromatic nitrogens is 2. The number of fused-ring (bicyclic) bond motifs is 1. The van der Waals surface area contributed by atoms with E-state index in [1.807, 2.05) is 0 Å². The van der Waals surface area contributed by atoms with Crippen LogP contribution in [0, 0.1) is 0 Å². The quantitative estimate of drug-likeness (QED) is 0.613. The summed E-state index contributed by atoms with van der Waals surface area (Å²) in [5, 5.41) is 16.7. The number of benzene rings is 1. The second kappa shape index (κ2) is 8.72. The first kappa shape index (κ1) is 18.3. The Bertz CT molecular complexity index is 798. The van der Waals surface area contributed by atoms with Gasteiger partial charge in [0, 0.05) is 18.3 Å². The van der Waals surface area contributed by atoms with E-state index in [1.54, 1.807) is 18.2 Å². The third kappa shape index (κ3) is 4.99. The van der Waals surface area contributed by atoms with Gasteiger partial charge in [-0.3, -0.25) is 10.1 Å². The second-order valence-corrected chi connectivity index (χ2v) is 7.36. The highest BCUT2D eigenvalue weighted by molar-refractivity contribution is 8.01. The standard InChI is InChI=1S/C15H17N5O4S2/c1-2-5-16-14-19-20-15(26-14)25-7-12(21)18-13(22)17-9-3-4-10-11(6-9)24-8-23-10/h3-4,6H,2,5,7-8H2,1H3,(H,16,19)(H2,17,18,21,22). The molecule has 1 aromatic heterocycles. The molecule has 9 nitrogen and oxygen atoms in total. The van der Waals surface area contributed by atoms with Crippen molar-refractivity contribution in [1.82, 2.24) is 15.5 Å². The number of rotatable bonds is 7. The number of anilines is 2. The van der Waals surface area contributed by atoms with Gasteiger partial charge in [-0.15, -0.1) is 10.2 Å². The van der Waals surface area contributed by atoms with Crippen LogP contribution in [0.2, 0.25) is 0 Å². The van der Waals surface area contributed by atoms with Crippen molar-refractivity contribution in [1.29, 1.82) is 0 Å². The molecule has 0 saturated heterocycles. The van der Waals surface area contributed by atoms with E-state index in [9.17, 15) is 9.59 Å². The molecular formula is C15H17N5O4S2. The molecule has 1 aliphatic rings. The molecule has 0 aliphatic carbocycles. The van der Waals surface area contributed by atoms with Gasteiger partial charge in [0.1, 0.15) is 0 Å². The SMILES string of the molecule is CCCNc1nnc(SCC(=O)NC(=O)Nc2ccc3c(c2)OCO3)s1. The summed E-state index contributed by atoms with van der Waals surface area (Å²) in [6.45, 7) is 3.03.